The summed E-state index contributed by atoms with van der Waals surface area (Å²) in [5.74, 6) is 2.00. The van der Waals surface area contributed by atoms with E-state index in [9.17, 15) is 4.21 Å². The highest BCUT2D eigenvalue weighted by atomic mass is 32.2. The Hall–Kier alpha value is -1.27. The molecule has 3 nitrogen and oxygen atoms in total. The average Bonchev–Trinajstić information content (AvgIpc) is 3.27. The summed E-state index contributed by atoms with van der Waals surface area (Å²) in [5, 5.41) is 2.73. The van der Waals surface area contributed by atoms with Gasteiger partial charge in [-0.2, -0.15) is 0 Å². The molecule has 0 spiro atoms. The highest BCUT2D eigenvalue weighted by Crippen LogP contribution is 2.60. The smallest absolute Gasteiger partial charge is 0.261 e. The van der Waals surface area contributed by atoms with Crippen LogP contribution in [-0.4, -0.2) is 29.4 Å². The van der Waals surface area contributed by atoms with Gasteiger partial charge in [0.25, 0.3) is 8.32 Å². The van der Waals surface area contributed by atoms with Crippen LogP contribution in [0.1, 0.15) is 61.3 Å². The molecule has 1 N–H and O–H groups in total. The van der Waals surface area contributed by atoms with Gasteiger partial charge in [-0.1, -0.05) is 81.4 Å². The van der Waals surface area contributed by atoms with E-state index in [2.05, 4.69) is 93.1 Å². The van der Waals surface area contributed by atoms with Crippen LogP contribution in [0.25, 0.3) is 0 Å². The second kappa shape index (κ2) is 9.07. The third-order valence-corrected chi connectivity index (χ3v) is 14.4. The highest BCUT2D eigenvalue weighted by molar-refractivity contribution is 7.84. The first kappa shape index (κ1) is 24.8. The summed E-state index contributed by atoms with van der Waals surface area (Å²) in [7, 11) is -3.50. The van der Waals surface area contributed by atoms with E-state index >= 15 is 0 Å². The molecule has 4 rings (SSSR count). The summed E-state index contributed by atoms with van der Waals surface area (Å²) in [6.07, 6.45) is 2.53. The molecule has 2 fully saturated rings. The maximum Gasteiger partial charge on any atom is 0.261 e. The zero-order valence-electron chi connectivity index (χ0n) is 21.3. The lowest BCUT2D eigenvalue weighted by atomic mass is 10.1. The number of rotatable bonds is 7. The van der Waals surface area contributed by atoms with E-state index in [0.29, 0.717) is 23.9 Å². The number of nitrogens with one attached hydrogen (secondary N) is 1. The SMILES string of the molecule is CC(NS(=O)C(C)(C)C)C1[C@H]2CC(O[Si](c3ccccc3)(c3ccccc3)C(C)(C)C)C[C@@H]12. The molecule has 180 valence electrons. The second-order valence-corrected chi connectivity index (χ2v) is 18.3. The number of hydrogen-bond donors (Lipinski definition) is 1. The Labute approximate surface area is 204 Å². The van der Waals surface area contributed by atoms with E-state index < -0.39 is 19.3 Å². The van der Waals surface area contributed by atoms with Crippen LogP contribution in [-0.2, 0) is 15.4 Å². The minimum absolute atomic E-state index is 0.0142. The predicted molar refractivity (Wildman–Crippen MR) is 143 cm³/mol. The van der Waals surface area contributed by atoms with Crippen LogP contribution in [0.3, 0.4) is 0 Å². The number of fused-ring (bicyclic) bond motifs is 1. The van der Waals surface area contributed by atoms with Crippen LogP contribution < -0.4 is 15.1 Å². The molecule has 0 aromatic heterocycles. The lowest BCUT2D eigenvalue weighted by Gasteiger charge is -2.45. The van der Waals surface area contributed by atoms with Crippen molar-refractivity contribution in [1.82, 2.24) is 4.72 Å². The molecule has 0 bridgehead atoms. The van der Waals surface area contributed by atoms with Gasteiger partial charge in [-0.3, -0.25) is 0 Å². The molecule has 6 atom stereocenters. The standard InChI is InChI=1S/C28H41NO2SSi/c1-20(29-32(30)27(2,3)4)26-24-18-21(19-25(24)26)31-33(28(5,6)7,22-14-10-8-11-15-22)23-16-12-9-13-17-23/h8-17,20-21,24-26,29H,18-19H2,1-7H3/t20?,21?,24-,25+,26?,32?. The summed E-state index contributed by atoms with van der Waals surface area (Å²) >= 11 is 0. The molecule has 2 saturated carbocycles. The first-order valence-corrected chi connectivity index (χ1v) is 15.5. The van der Waals surface area contributed by atoms with Gasteiger partial charge >= 0.3 is 0 Å². The lowest BCUT2D eigenvalue weighted by molar-refractivity contribution is 0.170. The van der Waals surface area contributed by atoms with E-state index in [1.165, 1.54) is 10.4 Å². The summed E-state index contributed by atoms with van der Waals surface area (Å²) in [6.45, 7) is 15.4. The van der Waals surface area contributed by atoms with Gasteiger partial charge in [0.05, 0.1) is 15.7 Å². The Kier molecular flexibility index (Phi) is 6.82. The topological polar surface area (TPSA) is 38.3 Å². The molecular weight excluding hydrogens is 442 g/mol. The minimum atomic E-state index is -2.49. The molecule has 33 heavy (non-hydrogen) atoms. The van der Waals surface area contributed by atoms with Gasteiger partial charge in [0.15, 0.2) is 0 Å². The van der Waals surface area contributed by atoms with Gasteiger partial charge in [-0.15, -0.1) is 0 Å². The first-order valence-electron chi connectivity index (χ1n) is 12.4. The van der Waals surface area contributed by atoms with E-state index in [4.69, 9.17) is 4.43 Å². The molecule has 2 aliphatic rings. The molecule has 0 amide bonds. The molecule has 0 radical (unpaired) electrons. The van der Waals surface area contributed by atoms with Gasteiger partial charge in [-0.25, -0.2) is 8.93 Å². The Bertz CT molecular complexity index is 915. The monoisotopic (exact) mass is 483 g/mol. The van der Waals surface area contributed by atoms with Crippen LogP contribution >= 0.6 is 0 Å². The maximum atomic E-state index is 12.6. The third-order valence-electron chi connectivity index (χ3n) is 7.65. The Morgan fingerprint density at radius 1 is 0.879 bits per heavy atom. The van der Waals surface area contributed by atoms with Crippen LogP contribution in [0.5, 0.6) is 0 Å². The van der Waals surface area contributed by atoms with Crippen molar-refractivity contribution in [1.29, 1.82) is 0 Å². The Morgan fingerprint density at radius 2 is 1.33 bits per heavy atom. The summed E-state index contributed by atoms with van der Waals surface area (Å²) in [6, 6.07) is 22.2. The van der Waals surface area contributed by atoms with E-state index in [1.807, 2.05) is 20.8 Å². The lowest BCUT2D eigenvalue weighted by Crippen LogP contribution is -2.67. The van der Waals surface area contributed by atoms with Crippen LogP contribution in [0.4, 0.5) is 0 Å². The largest absolute Gasteiger partial charge is 0.404 e. The molecule has 0 saturated heterocycles. The fraction of sp³-hybridized carbons (Fsp3) is 0.571. The van der Waals surface area contributed by atoms with Crippen molar-refractivity contribution in [2.45, 2.75) is 83.2 Å². The van der Waals surface area contributed by atoms with Crippen molar-refractivity contribution < 1.29 is 8.63 Å². The fourth-order valence-corrected chi connectivity index (χ4v) is 11.6. The van der Waals surface area contributed by atoms with Gasteiger partial charge in [0.2, 0.25) is 0 Å². The normalized spacial score (nSPS) is 27.1. The molecule has 0 aliphatic heterocycles. The van der Waals surface area contributed by atoms with E-state index in [1.54, 1.807) is 0 Å². The summed E-state index contributed by atoms with van der Waals surface area (Å²) in [4.78, 5) is 0. The first-order chi connectivity index (χ1) is 15.4. The van der Waals surface area contributed by atoms with E-state index in [-0.39, 0.29) is 15.8 Å². The van der Waals surface area contributed by atoms with Crippen LogP contribution in [0.15, 0.2) is 60.7 Å². The van der Waals surface area contributed by atoms with Crippen molar-refractivity contribution in [2.24, 2.45) is 17.8 Å². The van der Waals surface area contributed by atoms with Gasteiger partial charge in [0.1, 0.15) is 0 Å². The molecule has 0 heterocycles. The number of benzene rings is 2. The molecule has 5 heteroatoms. The Balaban J connectivity index is 1.54. The minimum Gasteiger partial charge on any atom is -0.404 e. The average molecular weight is 484 g/mol. The number of hydrogen-bond acceptors (Lipinski definition) is 2. The van der Waals surface area contributed by atoms with Crippen LogP contribution in [0.2, 0.25) is 5.04 Å². The Morgan fingerprint density at radius 3 is 1.73 bits per heavy atom. The molecule has 2 aliphatic carbocycles. The van der Waals surface area contributed by atoms with Crippen molar-refractivity contribution in [3.05, 3.63) is 60.7 Å². The quantitative estimate of drug-likeness (QED) is 0.561. The molecule has 2 aromatic rings. The molecule has 4 unspecified atom stereocenters. The fourth-order valence-electron chi connectivity index (χ4n) is 6.05. The highest BCUT2D eigenvalue weighted by Gasteiger charge is 2.61. The van der Waals surface area contributed by atoms with Crippen molar-refractivity contribution >= 4 is 29.7 Å². The maximum absolute atomic E-state index is 12.6. The van der Waals surface area contributed by atoms with E-state index in [0.717, 1.165) is 12.8 Å². The van der Waals surface area contributed by atoms with Crippen molar-refractivity contribution in [2.75, 3.05) is 0 Å². The molecule has 2 aromatic carbocycles. The summed E-state index contributed by atoms with van der Waals surface area (Å²) in [5.41, 5.74) is 0. The zero-order chi connectivity index (χ0) is 24.0. The second-order valence-electron chi connectivity index (χ2n) is 12.1. The predicted octanol–water partition coefficient (Wildman–Crippen LogP) is 5.03. The van der Waals surface area contributed by atoms with Crippen LogP contribution in [0, 0.1) is 17.8 Å². The van der Waals surface area contributed by atoms with Gasteiger partial charge in [0, 0.05) is 12.1 Å². The van der Waals surface area contributed by atoms with Gasteiger partial charge < -0.3 is 4.43 Å². The third kappa shape index (κ3) is 4.79. The zero-order valence-corrected chi connectivity index (χ0v) is 23.1. The van der Waals surface area contributed by atoms with Crippen molar-refractivity contribution in [3.8, 4) is 0 Å². The van der Waals surface area contributed by atoms with Gasteiger partial charge in [-0.05, 0) is 73.7 Å². The van der Waals surface area contributed by atoms with Crippen molar-refractivity contribution in [3.63, 3.8) is 0 Å². The summed E-state index contributed by atoms with van der Waals surface area (Å²) < 4.78 is 23.1. The molecular formula is C28H41NO2SSi.